The number of fused-ring (bicyclic) bond motifs is 3. The van der Waals surface area contributed by atoms with Crippen molar-refractivity contribution in [3.05, 3.63) is 76.9 Å². The summed E-state index contributed by atoms with van der Waals surface area (Å²) in [5.74, 6) is 0.414. The summed E-state index contributed by atoms with van der Waals surface area (Å²) in [6.45, 7) is 2.53. The molecule has 4 rings (SSSR count). The van der Waals surface area contributed by atoms with Crippen LogP contribution in [-0.2, 0) is 26.2 Å². The van der Waals surface area contributed by atoms with Gasteiger partial charge in [0.1, 0.15) is 0 Å². The molecule has 2 aliphatic carbocycles. The maximum Gasteiger partial charge on any atom is 3.00 e. The molecule has 1 atom stereocenters. The molecule has 0 bridgehead atoms. The summed E-state index contributed by atoms with van der Waals surface area (Å²) in [7, 11) is 0. The molecule has 1 unspecified atom stereocenters. The topological polar surface area (TPSA) is 20.2 Å². The fourth-order valence-corrected chi connectivity index (χ4v) is 3.88. The quantitative estimate of drug-likeness (QED) is 0.584. The van der Waals surface area contributed by atoms with Crippen LogP contribution in [0.4, 0.5) is 0 Å². The maximum absolute atomic E-state index is 9.09. The zero-order valence-electron chi connectivity index (χ0n) is 14.7. The molecule has 0 fully saturated rings. The molecule has 0 heterocycles. The van der Waals surface area contributed by atoms with Gasteiger partial charge in [0.2, 0.25) is 0 Å². The van der Waals surface area contributed by atoms with Gasteiger partial charge in [-0.05, 0) is 30.7 Å². The third-order valence-electron chi connectivity index (χ3n) is 5.08. The fraction of sp³-hybridized carbons (Fsp3) is 0.273. The first-order valence-electron chi connectivity index (χ1n) is 8.45. The number of hydrogen-bond donors (Lipinski definition) is 1. The monoisotopic (exact) mass is 461 g/mol. The van der Waals surface area contributed by atoms with Gasteiger partial charge in [-0.1, -0.05) is 60.0 Å². The number of aliphatic hydroxyl groups excluding tert-OH is 1. The molecule has 2 aromatic carbocycles. The van der Waals surface area contributed by atoms with Crippen molar-refractivity contribution in [2.45, 2.75) is 32.1 Å². The molecular weight excluding hydrogens is 442 g/mol. The molecule has 1 radical (unpaired) electrons. The molecule has 1 N–H and O–H groups in total. The summed E-state index contributed by atoms with van der Waals surface area (Å²) in [6, 6.07) is 16.9. The summed E-state index contributed by atoms with van der Waals surface area (Å²) in [5, 5.41) is 9.09. The average Bonchev–Trinajstić information content (AvgIpc) is 3.17. The third-order valence-corrected chi connectivity index (χ3v) is 5.08. The normalized spacial score (nSPS) is 16.3. The number of rotatable bonds is 4. The van der Waals surface area contributed by atoms with Crippen LogP contribution in [0.3, 0.4) is 0 Å². The van der Waals surface area contributed by atoms with Crippen molar-refractivity contribution in [1.29, 1.82) is 0 Å². The van der Waals surface area contributed by atoms with Crippen LogP contribution in [-0.4, -0.2) is 11.7 Å². The standard InChI is InChI=1S/C22H21O.2ClH.Zr/c1-15-18-8-2-3-9-20(18)21-12-11-17(14-22(15)21)19-10-4-6-16(19)7-5-13-23;;;/h2-4,6,8-9,11-12,15,23H,5,7,10,13H2,1H3;2*1H;/q-1;;;+3/p-2. The minimum Gasteiger partial charge on any atom is -1.00 e. The number of aliphatic hydroxyl groups is 1. The predicted octanol–water partition coefficient (Wildman–Crippen LogP) is -0.890. The largest absolute Gasteiger partial charge is 3.00 e. The summed E-state index contributed by atoms with van der Waals surface area (Å²) >= 11 is 0. The minimum absolute atomic E-state index is 0. The summed E-state index contributed by atoms with van der Waals surface area (Å²) in [4.78, 5) is 0. The Hall–Kier alpha value is -0.657. The van der Waals surface area contributed by atoms with Gasteiger partial charge in [-0.3, -0.25) is 0 Å². The first-order chi connectivity index (χ1) is 11.3. The van der Waals surface area contributed by atoms with Crippen LogP contribution in [0.2, 0.25) is 0 Å². The number of benzene rings is 2. The maximum atomic E-state index is 9.09. The average molecular weight is 464 g/mol. The molecule has 2 aromatic rings. The van der Waals surface area contributed by atoms with Gasteiger partial charge in [-0.25, -0.2) is 0 Å². The smallest absolute Gasteiger partial charge is 1.00 e. The van der Waals surface area contributed by atoms with Crippen LogP contribution < -0.4 is 24.8 Å². The van der Waals surface area contributed by atoms with Crippen molar-refractivity contribution in [2.75, 3.05) is 6.61 Å². The van der Waals surface area contributed by atoms with E-state index in [1.807, 2.05) is 0 Å². The van der Waals surface area contributed by atoms with Gasteiger partial charge in [-0.15, -0.1) is 34.9 Å². The molecule has 0 aromatic heterocycles. The van der Waals surface area contributed by atoms with E-state index in [1.54, 1.807) is 0 Å². The molecule has 0 saturated heterocycles. The fourth-order valence-electron chi connectivity index (χ4n) is 3.88. The van der Waals surface area contributed by atoms with Gasteiger partial charge in [0.05, 0.1) is 0 Å². The Morgan fingerprint density at radius 3 is 2.62 bits per heavy atom. The molecule has 26 heavy (non-hydrogen) atoms. The second-order valence-corrected chi connectivity index (χ2v) is 6.45. The molecule has 0 spiro atoms. The molecular formula is C22H21Cl2OZr. The molecule has 1 nitrogen and oxygen atoms in total. The zero-order valence-corrected chi connectivity index (χ0v) is 18.7. The van der Waals surface area contributed by atoms with E-state index in [-0.39, 0.29) is 57.6 Å². The van der Waals surface area contributed by atoms with Gasteiger partial charge in [0.25, 0.3) is 0 Å². The number of halogens is 2. The minimum atomic E-state index is 0. The van der Waals surface area contributed by atoms with E-state index >= 15 is 0 Å². The first-order valence-corrected chi connectivity index (χ1v) is 8.45. The van der Waals surface area contributed by atoms with Crippen molar-refractivity contribution in [3.8, 4) is 11.1 Å². The number of allylic oxidation sites excluding steroid dienone is 4. The van der Waals surface area contributed by atoms with E-state index in [2.05, 4.69) is 61.5 Å². The Balaban J connectivity index is 0.00000113. The Morgan fingerprint density at radius 1 is 1.08 bits per heavy atom. The van der Waals surface area contributed by atoms with Crippen molar-refractivity contribution in [1.82, 2.24) is 0 Å². The van der Waals surface area contributed by atoms with Gasteiger partial charge in [-0.2, -0.15) is 0 Å². The van der Waals surface area contributed by atoms with Crippen molar-refractivity contribution >= 4 is 5.57 Å². The van der Waals surface area contributed by atoms with Crippen LogP contribution in [0.25, 0.3) is 16.7 Å². The molecule has 4 heteroatoms. The van der Waals surface area contributed by atoms with Gasteiger partial charge in [0.15, 0.2) is 0 Å². The molecule has 2 aliphatic rings. The predicted molar refractivity (Wildman–Crippen MR) is 95.2 cm³/mol. The van der Waals surface area contributed by atoms with Crippen molar-refractivity contribution < 1.29 is 56.1 Å². The molecule has 0 aliphatic heterocycles. The van der Waals surface area contributed by atoms with E-state index in [0.29, 0.717) is 5.92 Å². The summed E-state index contributed by atoms with van der Waals surface area (Å²) in [5.41, 5.74) is 9.39. The second-order valence-electron chi connectivity index (χ2n) is 6.45. The SMILES string of the molecule is CC1c2[c-]c(C3=C(CCCO)C=CC3)ccc2-c2ccccc21.[Cl-].[Cl-].[Zr+3]. The van der Waals surface area contributed by atoms with E-state index in [0.717, 1.165) is 19.3 Å². The van der Waals surface area contributed by atoms with E-state index in [4.69, 9.17) is 5.11 Å². The van der Waals surface area contributed by atoms with E-state index in [1.165, 1.54) is 39.0 Å². The van der Waals surface area contributed by atoms with Gasteiger partial charge >= 0.3 is 26.2 Å². The van der Waals surface area contributed by atoms with E-state index < -0.39 is 0 Å². The summed E-state index contributed by atoms with van der Waals surface area (Å²) < 4.78 is 0. The van der Waals surface area contributed by atoms with Crippen molar-refractivity contribution in [3.63, 3.8) is 0 Å². The van der Waals surface area contributed by atoms with Gasteiger partial charge < -0.3 is 29.9 Å². The van der Waals surface area contributed by atoms with Crippen LogP contribution in [0.15, 0.2) is 54.1 Å². The van der Waals surface area contributed by atoms with Crippen LogP contribution in [0, 0.1) is 6.07 Å². The second kappa shape index (κ2) is 10.0. The van der Waals surface area contributed by atoms with Gasteiger partial charge in [0, 0.05) is 6.61 Å². The van der Waals surface area contributed by atoms with E-state index in [9.17, 15) is 0 Å². The number of hydrogen-bond acceptors (Lipinski definition) is 1. The molecule has 0 saturated carbocycles. The Morgan fingerprint density at radius 2 is 1.85 bits per heavy atom. The Kier molecular flexibility index (Phi) is 9.03. The summed E-state index contributed by atoms with van der Waals surface area (Å²) in [6.07, 6.45) is 7.20. The Labute approximate surface area is 187 Å². The molecule has 133 valence electrons. The third kappa shape index (κ3) is 4.10. The first kappa shape index (κ1) is 23.4. The van der Waals surface area contributed by atoms with Crippen molar-refractivity contribution in [2.24, 2.45) is 0 Å². The molecule has 0 amide bonds. The Bertz CT molecular complexity index is 827. The zero-order chi connectivity index (χ0) is 15.8. The van der Waals surface area contributed by atoms with Crippen LogP contribution in [0.1, 0.15) is 48.8 Å². The van der Waals surface area contributed by atoms with Crippen LogP contribution >= 0.6 is 0 Å². The van der Waals surface area contributed by atoms with Crippen LogP contribution in [0.5, 0.6) is 0 Å².